The summed E-state index contributed by atoms with van der Waals surface area (Å²) in [5.74, 6) is 0.200. The van der Waals surface area contributed by atoms with Crippen molar-refractivity contribution in [2.75, 3.05) is 26.2 Å². The molecule has 0 atom stereocenters. The van der Waals surface area contributed by atoms with Gasteiger partial charge in [0.25, 0.3) is 0 Å². The van der Waals surface area contributed by atoms with Gasteiger partial charge in [0.15, 0.2) is 0 Å². The Hall–Kier alpha value is -2.32. The minimum absolute atomic E-state index is 0.181. The average molecular weight is 441 g/mol. The molecule has 1 aliphatic heterocycles. The molecule has 0 radical (unpaired) electrons. The maximum atomic E-state index is 12.2. The number of guanidine groups is 1. The van der Waals surface area contributed by atoms with Crippen molar-refractivity contribution in [3.05, 3.63) is 33.8 Å². The molecule has 3 N–H and O–H groups in total. The largest absolute Gasteiger partial charge is 0.444 e. The number of amides is 1. The monoisotopic (exact) mass is 440 g/mol. The van der Waals surface area contributed by atoms with Crippen LogP contribution in [-0.4, -0.2) is 65.1 Å². The first-order chi connectivity index (χ1) is 13.5. The summed E-state index contributed by atoms with van der Waals surface area (Å²) in [5.41, 5.74) is 6.51. The fourth-order valence-corrected chi connectivity index (χ4v) is 3.02. The lowest BCUT2D eigenvalue weighted by Gasteiger charge is -2.35. The van der Waals surface area contributed by atoms with Gasteiger partial charge in [-0.25, -0.2) is 4.79 Å². The van der Waals surface area contributed by atoms with Crippen LogP contribution in [0.1, 0.15) is 33.3 Å². The molecular formula is C19H26Cl2N6O2. The zero-order valence-corrected chi connectivity index (χ0v) is 18.5. The second-order valence-electron chi connectivity index (χ2n) is 7.59. The molecule has 0 unspecified atom stereocenters. The van der Waals surface area contributed by atoms with E-state index in [9.17, 15) is 4.79 Å². The van der Waals surface area contributed by atoms with E-state index in [1.807, 2.05) is 25.7 Å². The summed E-state index contributed by atoms with van der Waals surface area (Å²) in [6.07, 6.45) is -0.344. The summed E-state index contributed by atoms with van der Waals surface area (Å²) in [4.78, 5) is 15.6. The minimum atomic E-state index is -0.536. The number of nitrogens with one attached hydrogen (secondary N) is 1. The second-order valence-corrected chi connectivity index (χ2v) is 8.37. The number of carbonyl (C=O) groups excluding carboxylic acids is 1. The lowest BCUT2D eigenvalue weighted by atomic mass is 10.1. The Morgan fingerprint density at radius 2 is 1.72 bits per heavy atom. The van der Waals surface area contributed by atoms with Gasteiger partial charge in [-0.3, -0.25) is 0 Å². The molecule has 29 heavy (non-hydrogen) atoms. The lowest BCUT2D eigenvalue weighted by molar-refractivity contribution is 0.0186. The summed E-state index contributed by atoms with van der Waals surface area (Å²) in [5, 5.41) is 16.9. The number of hydrogen-bond acceptors (Lipinski definition) is 5. The first-order valence-electron chi connectivity index (χ1n) is 9.13. The predicted molar refractivity (Wildman–Crippen MR) is 117 cm³/mol. The number of nitrogens with zero attached hydrogens (tertiary/aromatic N) is 4. The second kappa shape index (κ2) is 9.45. The van der Waals surface area contributed by atoms with E-state index in [2.05, 4.69) is 10.2 Å². The van der Waals surface area contributed by atoms with E-state index in [-0.39, 0.29) is 23.5 Å². The molecule has 1 aromatic rings. The van der Waals surface area contributed by atoms with E-state index < -0.39 is 5.60 Å². The summed E-state index contributed by atoms with van der Waals surface area (Å²) >= 11 is 12.3. The third-order valence-corrected chi connectivity index (χ3v) is 4.89. The molecule has 10 heteroatoms. The van der Waals surface area contributed by atoms with E-state index in [0.29, 0.717) is 41.8 Å². The van der Waals surface area contributed by atoms with E-state index in [4.69, 9.17) is 39.1 Å². The Morgan fingerprint density at radius 1 is 1.14 bits per heavy atom. The van der Waals surface area contributed by atoms with Crippen LogP contribution >= 0.6 is 23.2 Å². The zero-order valence-electron chi connectivity index (χ0n) is 17.0. The SMILES string of the molecule is CC(=N)C(=NN=C(N)N1CCN(C(=O)OC(C)(C)C)CC1)c1cccc(Cl)c1Cl. The number of halogens is 2. The molecule has 0 bridgehead atoms. The van der Waals surface area contributed by atoms with Crippen molar-refractivity contribution in [1.82, 2.24) is 9.80 Å². The Morgan fingerprint density at radius 3 is 2.28 bits per heavy atom. The Kier molecular flexibility index (Phi) is 7.48. The molecule has 0 aliphatic carbocycles. The summed E-state index contributed by atoms with van der Waals surface area (Å²) in [7, 11) is 0. The van der Waals surface area contributed by atoms with Crippen molar-refractivity contribution in [3.8, 4) is 0 Å². The number of benzene rings is 1. The van der Waals surface area contributed by atoms with Crippen molar-refractivity contribution in [3.63, 3.8) is 0 Å². The smallest absolute Gasteiger partial charge is 0.410 e. The van der Waals surface area contributed by atoms with Gasteiger partial charge in [-0.05, 0) is 33.8 Å². The highest BCUT2D eigenvalue weighted by atomic mass is 35.5. The fourth-order valence-electron chi connectivity index (χ4n) is 2.63. The number of rotatable bonds is 3. The minimum Gasteiger partial charge on any atom is -0.444 e. The number of ether oxygens (including phenoxy) is 1. The van der Waals surface area contributed by atoms with Crippen LogP contribution in [0.4, 0.5) is 4.79 Å². The van der Waals surface area contributed by atoms with Crippen LogP contribution in [0, 0.1) is 5.41 Å². The van der Waals surface area contributed by atoms with Gasteiger partial charge in [-0.1, -0.05) is 35.3 Å². The zero-order chi connectivity index (χ0) is 21.8. The number of carbonyl (C=O) groups is 1. The quantitative estimate of drug-likeness (QED) is 0.425. The van der Waals surface area contributed by atoms with Crippen molar-refractivity contribution < 1.29 is 9.53 Å². The molecule has 8 nitrogen and oxygen atoms in total. The molecule has 0 spiro atoms. The molecule has 1 saturated heterocycles. The Balaban J connectivity index is 2.09. The van der Waals surface area contributed by atoms with Crippen molar-refractivity contribution in [1.29, 1.82) is 5.41 Å². The highest BCUT2D eigenvalue weighted by Gasteiger charge is 2.26. The van der Waals surface area contributed by atoms with Gasteiger partial charge < -0.3 is 25.7 Å². The predicted octanol–water partition coefficient (Wildman–Crippen LogP) is 3.60. The maximum Gasteiger partial charge on any atom is 0.410 e. The van der Waals surface area contributed by atoms with Crippen molar-refractivity contribution in [2.45, 2.75) is 33.3 Å². The molecule has 1 fully saturated rings. The first-order valence-corrected chi connectivity index (χ1v) is 9.89. The number of piperazine rings is 1. The van der Waals surface area contributed by atoms with Crippen LogP contribution in [0.2, 0.25) is 10.0 Å². The van der Waals surface area contributed by atoms with Gasteiger partial charge >= 0.3 is 6.09 Å². The van der Waals surface area contributed by atoms with Gasteiger partial charge in [-0.15, -0.1) is 10.2 Å². The maximum absolute atomic E-state index is 12.2. The summed E-state index contributed by atoms with van der Waals surface area (Å²) in [6, 6.07) is 5.10. The Labute approximate surface area is 180 Å². The topological polar surface area (TPSA) is 107 Å². The molecule has 1 aliphatic rings. The standard InChI is InChI=1S/C19H26Cl2N6O2/c1-12(22)16(13-6-5-7-14(20)15(13)21)24-25-17(23)26-8-10-27(11-9-26)18(28)29-19(2,3)4/h5-7,22H,8-11H2,1-4H3,(H2,23,25). The highest BCUT2D eigenvalue weighted by Crippen LogP contribution is 2.26. The third kappa shape index (κ3) is 6.33. The third-order valence-electron chi connectivity index (χ3n) is 4.07. The average Bonchev–Trinajstić information content (AvgIpc) is 2.63. The van der Waals surface area contributed by atoms with Crippen LogP contribution < -0.4 is 5.73 Å². The molecule has 158 valence electrons. The van der Waals surface area contributed by atoms with E-state index in [1.165, 1.54) is 0 Å². The van der Waals surface area contributed by atoms with Crippen LogP contribution in [0.25, 0.3) is 0 Å². The van der Waals surface area contributed by atoms with Gasteiger partial charge in [0, 0.05) is 31.7 Å². The van der Waals surface area contributed by atoms with Crippen LogP contribution in [0.15, 0.2) is 28.4 Å². The lowest BCUT2D eigenvalue weighted by Crippen LogP contribution is -2.53. The summed E-state index contributed by atoms with van der Waals surface area (Å²) < 4.78 is 5.39. The molecule has 1 amide bonds. The van der Waals surface area contributed by atoms with Gasteiger partial charge in [0.2, 0.25) is 5.96 Å². The fraction of sp³-hybridized carbons (Fsp3) is 0.474. The van der Waals surface area contributed by atoms with Crippen LogP contribution in [0.5, 0.6) is 0 Å². The molecule has 0 aromatic heterocycles. The molecule has 2 rings (SSSR count). The van der Waals surface area contributed by atoms with Gasteiger partial charge in [0.1, 0.15) is 11.3 Å². The Bertz CT molecular complexity index is 840. The summed E-state index contributed by atoms with van der Waals surface area (Å²) in [6.45, 7) is 9.01. The molecule has 0 saturated carbocycles. The van der Waals surface area contributed by atoms with E-state index >= 15 is 0 Å². The molecule has 1 heterocycles. The van der Waals surface area contributed by atoms with Gasteiger partial charge in [-0.2, -0.15) is 0 Å². The van der Waals surface area contributed by atoms with E-state index in [1.54, 1.807) is 30.0 Å². The first kappa shape index (κ1) is 23.0. The van der Waals surface area contributed by atoms with Crippen molar-refractivity contribution >= 4 is 46.7 Å². The molecular weight excluding hydrogens is 415 g/mol. The van der Waals surface area contributed by atoms with Gasteiger partial charge in [0.05, 0.1) is 15.8 Å². The van der Waals surface area contributed by atoms with Crippen LogP contribution in [0.3, 0.4) is 0 Å². The van der Waals surface area contributed by atoms with E-state index in [0.717, 1.165) is 0 Å². The molecule has 1 aromatic carbocycles. The number of hydrogen-bond donors (Lipinski definition) is 2. The highest BCUT2D eigenvalue weighted by molar-refractivity contribution is 6.52. The van der Waals surface area contributed by atoms with Crippen LogP contribution in [-0.2, 0) is 4.74 Å². The normalized spacial score (nSPS) is 16.1. The number of nitrogens with two attached hydrogens (primary N) is 1. The van der Waals surface area contributed by atoms with Crippen molar-refractivity contribution in [2.24, 2.45) is 15.9 Å².